The number of aliphatic hydroxyl groups is 2. The van der Waals surface area contributed by atoms with E-state index in [-0.39, 0.29) is 36.5 Å². The quantitative estimate of drug-likeness (QED) is 0.0952. The van der Waals surface area contributed by atoms with Crippen LogP contribution in [0.3, 0.4) is 0 Å². The summed E-state index contributed by atoms with van der Waals surface area (Å²) in [7, 11) is 0. The van der Waals surface area contributed by atoms with Gasteiger partial charge in [0, 0.05) is 113 Å². The van der Waals surface area contributed by atoms with Crippen LogP contribution in [0.4, 0.5) is 0 Å². The molecule has 0 spiro atoms. The zero-order valence-corrected chi connectivity index (χ0v) is 45.7. The van der Waals surface area contributed by atoms with Gasteiger partial charge in [-0.1, -0.05) is 45.2 Å². The van der Waals surface area contributed by atoms with Crippen LogP contribution in [0.15, 0.2) is 116 Å². The molecule has 4 N–H and O–H groups in total. The fraction of sp³-hybridized carbons (Fsp3) is 0.346. The largest absolute Gasteiger partial charge is 0.378 e. The fourth-order valence-electron chi connectivity index (χ4n) is 10.9. The number of carbonyl (C=O) groups excluding carboxylic acids is 2. The van der Waals surface area contributed by atoms with Gasteiger partial charge in [-0.3, -0.25) is 30.0 Å². The molecule has 2 unspecified atom stereocenters. The number of fused-ring (bicyclic) bond motifs is 4. The molecule has 2 saturated heterocycles. The fourth-order valence-corrected chi connectivity index (χ4v) is 13.5. The average molecular weight is 1250 g/mol. The Bertz CT molecular complexity index is 2960. The molecule has 2 atom stereocenters. The zero-order chi connectivity index (χ0) is 49.5. The lowest BCUT2D eigenvalue weighted by Crippen LogP contribution is -2.47. The van der Waals surface area contributed by atoms with Gasteiger partial charge in [0.15, 0.2) is 0 Å². The van der Waals surface area contributed by atoms with Crippen molar-refractivity contribution in [3.8, 4) is 0 Å². The first-order valence-electron chi connectivity index (χ1n) is 23.2. The van der Waals surface area contributed by atoms with Crippen molar-refractivity contribution < 1.29 is 39.7 Å². The third kappa shape index (κ3) is 10.3. The molecule has 70 heavy (non-hydrogen) atoms. The number of amides is 2. The standard InChI is InChI=1S/2C26H25Br2ClN3O3/c27-20-12-18-2-1-17-13-21(29)14-22(28)24(17)26(34,25(18)30-15-20)19-5-7-31(8-6-19)23(33)11-16-3-9-32(35)10-4-16;27-19-14-17-1-2-20-21(3-4-22(29)24(20)28)26(34,25(17)30-15-19)18-7-9-31(10-8-18)23(33)13-16-5-11-32(35)12-6-16/h3-4,9-10,12-15,19,34-35H,1-2,5-8,11H2;3-6,11-12,14-15,18,34-35H,1-2,7-10,13H2/q2*+1. The molecular weight excluding hydrogens is 1200 g/mol. The SMILES string of the molecule is O=C(Cc1cc[n+](O)cc1)N1CCC(C2(O)c3ccc(Cl)c(Br)c3CCc3cc(Br)cnc32)CC1.O=C(Cc1cc[n+](O)cc1)N1CCC(C2(O)c3ncc(Br)cc3CCc3cc(Cl)cc(Br)c32)CC1. The Balaban J connectivity index is 0.000000174. The molecule has 6 heterocycles. The summed E-state index contributed by atoms with van der Waals surface area (Å²) in [6.07, 6.45) is 15.7. The van der Waals surface area contributed by atoms with E-state index in [1.54, 1.807) is 36.7 Å². The van der Waals surface area contributed by atoms with Crippen LogP contribution in [0.1, 0.15) is 81.6 Å². The topological polar surface area (TPSA) is 155 Å². The van der Waals surface area contributed by atoms with E-state index in [4.69, 9.17) is 33.2 Å². The monoisotopic (exact) mass is 1240 g/mol. The Morgan fingerprint density at radius 3 is 1.60 bits per heavy atom. The summed E-state index contributed by atoms with van der Waals surface area (Å²) in [5.74, 6) is -0.125. The van der Waals surface area contributed by atoms with Crippen molar-refractivity contribution in [1.82, 2.24) is 19.8 Å². The first kappa shape index (κ1) is 50.9. The minimum Gasteiger partial charge on any atom is -0.378 e. The van der Waals surface area contributed by atoms with Crippen molar-refractivity contribution in [2.24, 2.45) is 11.8 Å². The zero-order valence-electron chi connectivity index (χ0n) is 37.8. The van der Waals surface area contributed by atoms with E-state index in [1.165, 1.54) is 24.8 Å². The van der Waals surface area contributed by atoms with E-state index in [1.807, 2.05) is 46.2 Å². The number of nitrogens with zero attached hydrogens (tertiary/aromatic N) is 6. The number of aromatic nitrogens is 4. The molecule has 4 aliphatic rings. The number of piperidine rings is 2. The van der Waals surface area contributed by atoms with Crippen molar-refractivity contribution >= 4 is 98.7 Å². The van der Waals surface area contributed by atoms with Crippen LogP contribution < -0.4 is 9.46 Å². The van der Waals surface area contributed by atoms with Crippen LogP contribution in [0, 0.1) is 11.8 Å². The Hall–Kier alpha value is -4.00. The number of rotatable bonds is 6. The number of carbonyl (C=O) groups is 2. The highest BCUT2D eigenvalue weighted by Gasteiger charge is 2.49. The first-order chi connectivity index (χ1) is 33.5. The molecule has 0 bridgehead atoms. The van der Waals surface area contributed by atoms with Gasteiger partial charge < -0.3 is 20.0 Å². The second-order valence-corrected chi connectivity index (χ2v) is 22.8. The molecule has 18 heteroatoms. The maximum atomic E-state index is 13.0. The highest BCUT2D eigenvalue weighted by molar-refractivity contribution is 9.11. The molecule has 2 amide bonds. The highest BCUT2D eigenvalue weighted by atomic mass is 79.9. The predicted octanol–water partition coefficient (Wildman–Crippen LogP) is 9.20. The lowest BCUT2D eigenvalue weighted by atomic mass is 9.72. The number of likely N-dealkylation sites (tertiary alicyclic amines) is 2. The van der Waals surface area contributed by atoms with Gasteiger partial charge in [0.1, 0.15) is 11.2 Å². The summed E-state index contributed by atoms with van der Waals surface area (Å²) < 4.78 is 5.29. The number of hydrogen-bond donors (Lipinski definition) is 4. The maximum Gasteiger partial charge on any atom is 0.226 e. The molecule has 4 aromatic heterocycles. The second-order valence-electron chi connectivity index (χ2n) is 18.5. The second kappa shape index (κ2) is 21.2. The Morgan fingerprint density at radius 2 is 1.09 bits per heavy atom. The molecule has 2 aliphatic heterocycles. The van der Waals surface area contributed by atoms with Crippen LogP contribution in [-0.2, 0) is 59.3 Å². The molecule has 0 radical (unpaired) electrons. The number of pyridine rings is 4. The number of hydrogen-bond acceptors (Lipinski definition) is 8. The van der Waals surface area contributed by atoms with Crippen LogP contribution in [0.2, 0.25) is 10.0 Å². The van der Waals surface area contributed by atoms with E-state index < -0.39 is 11.2 Å². The molecule has 12 nitrogen and oxygen atoms in total. The van der Waals surface area contributed by atoms with Gasteiger partial charge in [0.25, 0.3) is 0 Å². The minimum atomic E-state index is -1.30. The Labute approximate surface area is 449 Å². The average Bonchev–Trinajstić information content (AvgIpc) is 3.55. The van der Waals surface area contributed by atoms with Crippen LogP contribution in [0.25, 0.3) is 0 Å². The van der Waals surface area contributed by atoms with Gasteiger partial charge in [0.05, 0.1) is 29.3 Å². The van der Waals surface area contributed by atoms with E-state index >= 15 is 0 Å². The molecule has 6 aromatic rings. The summed E-state index contributed by atoms with van der Waals surface area (Å²) in [5, 5.41) is 45.1. The van der Waals surface area contributed by atoms with Gasteiger partial charge in [-0.2, -0.15) is 0 Å². The highest BCUT2D eigenvalue weighted by Crippen LogP contribution is 2.50. The van der Waals surface area contributed by atoms with E-state index in [2.05, 4.69) is 63.7 Å². The summed E-state index contributed by atoms with van der Waals surface area (Å²) >= 11 is 27.2. The normalized spacial score (nSPS) is 20.2. The summed E-state index contributed by atoms with van der Waals surface area (Å²) in [6, 6.07) is 18.6. The maximum absolute atomic E-state index is 13.0. The van der Waals surface area contributed by atoms with Gasteiger partial charge in [0.2, 0.25) is 36.6 Å². The first-order valence-corrected chi connectivity index (χ1v) is 27.1. The van der Waals surface area contributed by atoms with Crippen molar-refractivity contribution in [2.45, 2.75) is 75.4 Å². The molecule has 364 valence electrons. The summed E-state index contributed by atoms with van der Waals surface area (Å²) in [5.41, 5.74) is 6.25. The van der Waals surface area contributed by atoms with Gasteiger partial charge >= 0.3 is 0 Å². The van der Waals surface area contributed by atoms with E-state index in [0.717, 1.165) is 97.5 Å². The van der Waals surface area contributed by atoms with Crippen LogP contribution >= 0.6 is 86.9 Å². The van der Waals surface area contributed by atoms with Gasteiger partial charge in [-0.05, 0) is 168 Å². The van der Waals surface area contributed by atoms with Crippen molar-refractivity contribution in [3.63, 3.8) is 0 Å². The lowest BCUT2D eigenvalue weighted by molar-refractivity contribution is -0.904. The third-order valence-corrected chi connectivity index (χ3v) is 17.5. The Kier molecular flexibility index (Phi) is 15.4. The molecule has 2 fully saturated rings. The van der Waals surface area contributed by atoms with Crippen molar-refractivity contribution in [3.05, 3.63) is 182 Å². The molecule has 2 aromatic carbocycles. The lowest BCUT2D eigenvalue weighted by Gasteiger charge is -2.42. The smallest absolute Gasteiger partial charge is 0.226 e. The van der Waals surface area contributed by atoms with Crippen molar-refractivity contribution in [1.29, 1.82) is 0 Å². The van der Waals surface area contributed by atoms with Crippen LogP contribution in [-0.4, -0.2) is 78.4 Å². The van der Waals surface area contributed by atoms with Gasteiger partial charge in [-0.25, -0.2) is 0 Å². The number of aryl methyl sites for hydroxylation is 3. The summed E-state index contributed by atoms with van der Waals surface area (Å²) in [4.78, 5) is 39.1. The number of halogens is 6. The molecular formula is C52H50Br4Cl2N6O6+2. The van der Waals surface area contributed by atoms with E-state index in [9.17, 15) is 30.2 Å². The molecule has 2 aliphatic carbocycles. The molecule has 10 rings (SSSR count). The molecule has 0 saturated carbocycles. The van der Waals surface area contributed by atoms with Crippen LogP contribution in [0.5, 0.6) is 0 Å². The minimum absolute atomic E-state index is 0.0443. The van der Waals surface area contributed by atoms with Gasteiger partial charge in [-0.15, -0.1) is 0 Å². The third-order valence-electron chi connectivity index (χ3n) is 14.4. The van der Waals surface area contributed by atoms with E-state index in [0.29, 0.717) is 73.3 Å². The Morgan fingerprint density at radius 1 is 0.629 bits per heavy atom. The predicted molar refractivity (Wildman–Crippen MR) is 277 cm³/mol. The summed E-state index contributed by atoms with van der Waals surface area (Å²) in [6.45, 7) is 2.25. The number of benzene rings is 2. The van der Waals surface area contributed by atoms with Crippen molar-refractivity contribution in [2.75, 3.05) is 26.2 Å².